The molecule has 8 heteroatoms. The lowest BCUT2D eigenvalue weighted by atomic mass is 10.1. The van der Waals surface area contributed by atoms with Gasteiger partial charge in [0.1, 0.15) is 6.04 Å². The van der Waals surface area contributed by atoms with Crippen molar-refractivity contribution in [2.45, 2.75) is 26.3 Å². The van der Waals surface area contributed by atoms with Gasteiger partial charge in [0.2, 0.25) is 0 Å². The van der Waals surface area contributed by atoms with Crippen molar-refractivity contribution in [2.75, 3.05) is 13.2 Å². The van der Waals surface area contributed by atoms with Crippen LogP contribution in [0.15, 0.2) is 59.2 Å². The molecule has 32 heavy (non-hydrogen) atoms. The number of ether oxygens (including phenoxy) is 2. The number of ketones is 1. The summed E-state index contributed by atoms with van der Waals surface area (Å²) in [6, 6.07) is 13.4. The van der Waals surface area contributed by atoms with Crippen LogP contribution in [0.4, 0.5) is 4.79 Å². The van der Waals surface area contributed by atoms with Crippen molar-refractivity contribution in [3.63, 3.8) is 0 Å². The highest BCUT2D eigenvalue weighted by molar-refractivity contribution is 9.10. The highest BCUT2D eigenvalue weighted by atomic mass is 79.9. The third-order valence-electron chi connectivity index (χ3n) is 4.74. The Hall–Kier alpha value is -3.13. The normalized spacial score (nSPS) is 11.9. The van der Waals surface area contributed by atoms with Crippen molar-refractivity contribution in [3.05, 3.63) is 70.3 Å². The summed E-state index contributed by atoms with van der Waals surface area (Å²) in [6.45, 7) is 3.63. The van der Waals surface area contributed by atoms with Gasteiger partial charge in [0.15, 0.2) is 12.4 Å². The largest absolute Gasteiger partial charge is 0.456 e. The number of alkyl carbamates (subject to hydrolysis) is 1. The summed E-state index contributed by atoms with van der Waals surface area (Å²) in [7, 11) is 0. The number of nitrogens with one attached hydrogen (secondary N) is 2. The minimum Gasteiger partial charge on any atom is -0.456 e. The van der Waals surface area contributed by atoms with E-state index in [9.17, 15) is 14.4 Å². The zero-order chi connectivity index (χ0) is 23.1. The Labute approximate surface area is 194 Å². The summed E-state index contributed by atoms with van der Waals surface area (Å²) in [4.78, 5) is 40.5. The summed E-state index contributed by atoms with van der Waals surface area (Å²) >= 11 is 3.31. The smallest absolute Gasteiger partial charge is 0.407 e. The average Bonchev–Trinajstić information content (AvgIpc) is 3.18. The number of rotatable bonds is 9. The Bertz CT molecular complexity index is 1090. The molecule has 0 saturated carbocycles. The minimum absolute atomic E-state index is 0.156. The van der Waals surface area contributed by atoms with Crippen LogP contribution in [-0.4, -0.2) is 42.1 Å². The molecular weight excluding hydrogens is 476 g/mol. The van der Waals surface area contributed by atoms with Crippen molar-refractivity contribution in [3.8, 4) is 0 Å². The number of hydrogen-bond donors (Lipinski definition) is 2. The number of esters is 1. The molecular formula is C24H25BrN2O5. The zero-order valence-corrected chi connectivity index (χ0v) is 19.5. The van der Waals surface area contributed by atoms with Crippen LogP contribution in [0.3, 0.4) is 0 Å². The van der Waals surface area contributed by atoms with Gasteiger partial charge in [0.05, 0.1) is 6.61 Å². The first-order chi connectivity index (χ1) is 15.3. The van der Waals surface area contributed by atoms with E-state index in [4.69, 9.17) is 9.47 Å². The molecule has 2 aromatic carbocycles. The summed E-state index contributed by atoms with van der Waals surface area (Å²) in [5, 5.41) is 3.52. The standard InChI is InChI=1S/C24H25BrN2O5/c1-15(2)13-32-24(30)27-21(11-17-12-26-20-6-4-3-5-19(17)20)23(29)31-14-22(28)16-7-9-18(25)10-8-16/h3-10,12,15,21,26H,11,13-14H2,1-2H3,(H,27,30)/t21-/m0/s1. The minimum atomic E-state index is -1.01. The van der Waals surface area contributed by atoms with Gasteiger partial charge in [-0.2, -0.15) is 0 Å². The number of para-hydroxylation sites is 1. The van der Waals surface area contributed by atoms with E-state index in [2.05, 4.69) is 26.2 Å². The molecule has 1 aromatic heterocycles. The summed E-state index contributed by atoms with van der Waals surface area (Å²) in [6.07, 6.45) is 1.27. The number of benzene rings is 2. The number of halogens is 1. The number of carbonyl (C=O) groups excluding carboxylic acids is 3. The molecule has 0 unspecified atom stereocenters. The Balaban J connectivity index is 1.70. The fourth-order valence-electron chi connectivity index (χ4n) is 3.10. The van der Waals surface area contributed by atoms with Gasteiger partial charge in [-0.25, -0.2) is 9.59 Å². The summed E-state index contributed by atoms with van der Waals surface area (Å²) in [5.41, 5.74) is 2.19. The van der Waals surface area contributed by atoms with Crippen LogP contribution < -0.4 is 5.32 Å². The third-order valence-corrected chi connectivity index (χ3v) is 5.26. The van der Waals surface area contributed by atoms with Gasteiger partial charge >= 0.3 is 12.1 Å². The Morgan fingerprint density at radius 1 is 1.03 bits per heavy atom. The molecule has 0 saturated heterocycles. The number of fused-ring (bicyclic) bond motifs is 1. The van der Waals surface area contributed by atoms with E-state index in [1.165, 1.54) is 0 Å². The van der Waals surface area contributed by atoms with Crippen molar-refractivity contribution < 1.29 is 23.9 Å². The van der Waals surface area contributed by atoms with Gasteiger partial charge < -0.3 is 19.8 Å². The van der Waals surface area contributed by atoms with Crippen LogP contribution in [0.2, 0.25) is 0 Å². The molecule has 0 spiro atoms. The maximum absolute atomic E-state index is 12.8. The Kier molecular flexibility index (Phi) is 8.05. The third kappa shape index (κ3) is 6.43. The molecule has 1 heterocycles. The second kappa shape index (κ2) is 10.9. The quantitative estimate of drug-likeness (QED) is 0.329. The predicted octanol–water partition coefficient (Wildman–Crippen LogP) is 4.65. The number of amides is 1. The van der Waals surface area contributed by atoms with Gasteiger partial charge in [0, 0.05) is 33.6 Å². The predicted molar refractivity (Wildman–Crippen MR) is 125 cm³/mol. The molecule has 0 aliphatic rings. The van der Waals surface area contributed by atoms with Gasteiger partial charge in [-0.1, -0.05) is 60.1 Å². The number of carbonyl (C=O) groups is 3. The molecule has 2 N–H and O–H groups in total. The van der Waals surface area contributed by atoms with Crippen molar-refractivity contribution in [2.24, 2.45) is 5.92 Å². The van der Waals surface area contributed by atoms with E-state index in [0.29, 0.717) is 5.56 Å². The SMILES string of the molecule is CC(C)COC(=O)N[C@@H](Cc1c[nH]c2ccccc12)C(=O)OCC(=O)c1ccc(Br)cc1. The lowest BCUT2D eigenvalue weighted by Gasteiger charge is -2.18. The molecule has 1 amide bonds. The van der Waals surface area contributed by atoms with Crippen LogP contribution in [0, 0.1) is 5.92 Å². The Morgan fingerprint density at radius 2 is 1.75 bits per heavy atom. The first-order valence-electron chi connectivity index (χ1n) is 10.3. The van der Waals surface area contributed by atoms with Gasteiger partial charge in [-0.3, -0.25) is 4.79 Å². The summed E-state index contributed by atoms with van der Waals surface area (Å²) in [5.74, 6) is -0.885. The van der Waals surface area contributed by atoms with Crippen molar-refractivity contribution in [1.82, 2.24) is 10.3 Å². The van der Waals surface area contributed by atoms with Crippen molar-refractivity contribution in [1.29, 1.82) is 0 Å². The second-order valence-electron chi connectivity index (χ2n) is 7.79. The van der Waals surface area contributed by atoms with E-state index in [1.54, 1.807) is 30.5 Å². The molecule has 3 aromatic rings. The number of hydrogen-bond acceptors (Lipinski definition) is 5. The fourth-order valence-corrected chi connectivity index (χ4v) is 3.36. The maximum Gasteiger partial charge on any atom is 0.407 e. The average molecular weight is 501 g/mol. The van der Waals surface area contributed by atoms with Gasteiger partial charge in [-0.05, 0) is 29.7 Å². The van der Waals surface area contributed by atoms with Gasteiger partial charge in [-0.15, -0.1) is 0 Å². The van der Waals surface area contributed by atoms with Crippen molar-refractivity contribution >= 4 is 44.7 Å². The van der Waals surface area contributed by atoms with Crippen LogP contribution in [0.1, 0.15) is 29.8 Å². The highest BCUT2D eigenvalue weighted by Gasteiger charge is 2.26. The van der Waals surface area contributed by atoms with Crippen LogP contribution in [0.25, 0.3) is 10.9 Å². The molecule has 0 bridgehead atoms. The highest BCUT2D eigenvalue weighted by Crippen LogP contribution is 2.19. The van der Waals surface area contributed by atoms with E-state index >= 15 is 0 Å². The molecule has 0 aliphatic carbocycles. The van der Waals surface area contributed by atoms with E-state index in [0.717, 1.165) is 20.9 Å². The molecule has 1 atom stereocenters. The van der Waals surface area contributed by atoms with E-state index < -0.39 is 24.7 Å². The number of Topliss-reactive ketones (excluding diaryl/α,β-unsaturated/α-hetero) is 1. The first-order valence-corrected chi connectivity index (χ1v) is 11.1. The van der Waals surface area contributed by atoms with E-state index in [1.807, 2.05) is 38.1 Å². The maximum atomic E-state index is 12.8. The van der Waals surface area contributed by atoms with Crippen LogP contribution in [0.5, 0.6) is 0 Å². The molecule has 0 fully saturated rings. The molecule has 168 valence electrons. The zero-order valence-electron chi connectivity index (χ0n) is 17.9. The molecule has 3 rings (SSSR count). The topological polar surface area (TPSA) is 97.5 Å². The van der Waals surface area contributed by atoms with Gasteiger partial charge in [0.25, 0.3) is 0 Å². The second-order valence-corrected chi connectivity index (χ2v) is 8.71. The fraction of sp³-hybridized carbons (Fsp3) is 0.292. The summed E-state index contributed by atoms with van der Waals surface area (Å²) < 4.78 is 11.3. The van der Waals surface area contributed by atoms with Crippen LogP contribution >= 0.6 is 15.9 Å². The number of H-pyrrole nitrogens is 1. The molecule has 7 nitrogen and oxygen atoms in total. The molecule has 0 aliphatic heterocycles. The van der Waals surface area contributed by atoms with E-state index in [-0.39, 0.29) is 24.7 Å². The monoisotopic (exact) mass is 500 g/mol. The lowest BCUT2D eigenvalue weighted by molar-refractivity contribution is -0.144. The lowest BCUT2D eigenvalue weighted by Crippen LogP contribution is -2.44. The number of aromatic nitrogens is 1. The first kappa shape index (κ1) is 23.5. The van der Waals surface area contributed by atoms with Crippen LogP contribution in [-0.2, 0) is 20.7 Å². The Morgan fingerprint density at radius 3 is 2.47 bits per heavy atom. The molecule has 0 radical (unpaired) electrons. The number of aromatic amines is 1.